The van der Waals surface area contributed by atoms with Crippen molar-refractivity contribution >= 4 is 5.97 Å². The third-order valence-electron chi connectivity index (χ3n) is 2.97. The Bertz CT molecular complexity index is 479. The molecule has 0 spiro atoms. The van der Waals surface area contributed by atoms with Crippen molar-refractivity contribution < 1.29 is 24.5 Å². The van der Waals surface area contributed by atoms with E-state index in [0.29, 0.717) is 13.0 Å². The molecule has 0 fully saturated rings. The fourth-order valence-electron chi connectivity index (χ4n) is 1.42. The average Bonchev–Trinajstić information content (AvgIpc) is 2.39. The maximum Gasteiger partial charge on any atom is 0.338 e. The summed E-state index contributed by atoms with van der Waals surface area (Å²) in [6.07, 6.45) is 1.42. The van der Waals surface area contributed by atoms with Gasteiger partial charge in [0.05, 0.1) is 12.2 Å². The van der Waals surface area contributed by atoms with Crippen LogP contribution in [0.4, 0.5) is 0 Å². The SMILES string of the molecule is CCCOc1cc(C(=O)OC(C)(C)CC)cc(O)c1O. The molecule has 0 aromatic heterocycles. The van der Waals surface area contributed by atoms with Crippen LogP contribution in [0, 0.1) is 0 Å². The Kier molecular flexibility index (Phi) is 5.25. The fourth-order valence-corrected chi connectivity index (χ4v) is 1.42. The van der Waals surface area contributed by atoms with Crippen LogP contribution < -0.4 is 4.74 Å². The van der Waals surface area contributed by atoms with E-state index < -0.39 is 17.3 Å². The van der Waals surface area contributed by atoms with Crippen LogP contribution in [0.25, 0.3) is 0 Å². The predicted molar refractivity (Wildman–Crippen MR) is 75.3 cm³/mol. The van der Waals surface area contributed by atoms with E-state index in [0.717, 1.165) is 6.42 Å². The summed E-state index contributed by atoms with van der Waals surface area (Å²) in [6, 6.07) is 2.54. The number of hydrogen-bond acceptors (Lipinski definition) is 5. The van der Waals surface area contributed by atoms with Gasteiger partial charge in [0.15, 0.2) is 11.5 Å². The molecule has 1 aromatic rings. The predicted octanol–water partition coefficient (Wildman–Crippen LogP) is 3.23. The zero-order valence-corrected chi connectivity index (χ0v) is 12.4. The lowest BCUT2D eigenvalue weighted by molar-refractivity contribution is -0.00251. The fraction of sp³-hybridized carbons (Fsp3) is 0.533. The number of benzene rings is 1. The average molecular weight is 282 g/mol. The Labute approximate surface area is 119 Å². The highest BCUT2D eigenvalue weighted by Gasteiger charge is 2.23. The van der Waals surface area contributed by atoms with Crippen LogP contribution in [0.1, 0.15) is 50.9 Å². The van der Waals surface area contributed by atoms with Gasteiger partial charge in [0.1, 0.15) is 5.60 Å². The van der Waals surface area contributed by atoms with Crippen LogP contribution >= 0.6 is 0 Å². The molecule has 0 radical (unpaired) electrons. The number of ether oxygens (including phenoxy) is 2. The summed E-state index contributed by atoms with van der Waals surface area (Å²) in [6.45, 7) is 7.82. The largest absolute Gasteiger partial charge is 0.504 e. The Balaban J connectivity index is 3.01. The van der Waals surface area contributed by atoms with E-state index in [1.807, 2.05) is 13.8 Å². The highest BCUT2D eigenvalue weighted by Crippen LogP contribution is 2.37. The van der Waals surface area contributed by atoms with Crippen LogP contribution in [0.2, 0.25) is 0 Å². The van der Waals surface area contributed by atoms with Gasteiger partial charge in [0.25, 0.3) is 0 Å². The van der Waals surface area contributed by atoms with Gasteiger partial charge in [-0.3, -0.25) is 0 Å². The number of carbonyl (C=O) groups excluding carboxylic acids is 1. The minimum Gasteiger partial charge on any atom is -0.504 e. The summed E-state index contributed by atoms with van der Waals surface area (Å²) < 4.78 is 10.6. The Hall–Kier alpha value is -1.91. The number of phenolic OH excluding ortho intramolecular Hbond substituents is 2. The van der Waals surface area contributed by atoms with Gasteiger partial charge in [-0.25, -0.2) is 4.79 Å². The first-order chi connectivity index (χ1) is 9.30. The van der Waals surface area contributed by atoms with Gasteiger partial charge in [-0.05, 0) is 38.8 Å². The summed E-state index contributed by atoms with van der Waals surface area (Å²) in [4.78, 5) is 12.0. The molecule has 0 aliphatic rings. The molecule has 0 bridgehead atoms. The molecule has 5 heteroatoms. The van der Waals surface area contributed by atoms with E-state index >= 15 is 0 Å². The number of carbonyl (C=O) groups is 1. The highest BCUT2D eigenvalue weighted by atomic mass is 16.6. The molecule has 0 saturated heterocycles. The third-order valence-corrected chi connectivity index (χ3v) is 2.97. The van der Waals surface area contributed by atoms with Crippen molar-refractivity contribution in [1.82, 2.24) is 0 Å². The van der Waals surface area contributed by atoms with Crippen LogP contribution in [0.15, 0.2) is 12.1 Å². The highest BCUT2D eigenvalue weighted by molar-refractivity contribution is 5.91. The number of hydrogen-bond donors (Lipinski definition) is 2. The second kappa shape index (κ2) is 6.50. The zero-order valence-electron chi connectivity index (χ0n) is 12.4. The topological polar surface area (TPSA) is 76.0 Å². The number of phenols is 2. The smallest absolute Gasteiger partial charge is 0.338 e. The Morgan fingerprint density at radius 2 is 1.90 bits per heavy atom. The lowest BCUT2D eigenvalue weighted by atomic mass is 10.1. The van der Waals surface area contributed by atoms with E-state index in [2.05, 4.69) is 0 Å². The van der Waals surface area contributed by atoms with E-state index in [1.165, 1.54) is 12.1 Å². The Morgan fingerprint density at radius 1 is 1.25 bits per heavy atom. The van der Waals surface area contributed by atoms with Gasteiger partial charge in [0.2, 0.25) is 5.75 Å². The molecule has 2 N–H and O–H groups in total. The summed E-state index contributed by atoms with van der Waals surface area (Å²) in [5, 5.41) is 19.3. The molecule has 0 aliphatic heterocycles. The standard InChI is InChI=1S/C15H22O5/c1-5-7-19-12-9-10(8-11(16)13(12)17)14(18)20-15(3,4)6-2/h8-9,16-17H,5-7H2,1-4H3. The van der Waals surface area contributed by atoms with E-state index in [1.54, 1.807) is 13.8 Å². The molecule has 20 heavy (non-hydrogen) atoms. The lowest BCUT2D eigenvalue weighted by Gasteiger charge is -2.23. The number of esters is 1. The van der Waals surface area contributed by atoms with Crippen molar-refractivity contribution in [2.75, 3.05) is 6.61 Å². The molecular formula is C15H22O5. The van der Waals surface area contributed by atoms with E-state index in [9.17, 15) is 15.0 Å². The quantitative estimate of drug-likeness (QED) is 0.619. The van der Waals surface area contributed by atoms with Gasteiger partial charge in [-0.1, -0.05) is 13.8 Å². The maximum absolute atomic E-state index is 12.0. The van der Waals surface area contributed by atoms with Gasteiger partial charge in [-0.15, -0.1) is 0 Å². The summed E-state index contributed by atoms with van der Waals surface area (Å²) in [7, 11) is 0. The van der Waals surface area contributed by atoms with Crippen LogP contribution in [0.3, 0.4) is 0 Å². The van der Waals surface area contributed by atoms with E-state index in [4.69, 9.17) is 9.47 Å². The van der Waals surface area contributed by atoms with Crippen molar-refractivity contribution in [3.63, 3.8) is 0 Å². The zero-order chi connectivity index (χ0) is 15.3. The first-order valence-corrected chi connectivity index (χ1v) is 6.72. The molecule has 0 amide bonds. The first-order valence-electron chi connectivity index (χ1n) is 6.72. The molecule has 1 rings (SSSR count). The van der Waals surface area contributed by atoms with Crippen molar-refractivity contribution in [3.8, 4) is 17.2 Å². The van der Waals surface area contributed by atoms with Crippen molar-refractivity contribution in [2.24, 2.45) is 0 Å². The van der Waals surface area contributed by atoms with Crippen LogP contribution in [0.5, 0.6) is 17.2 Å². The molecule has 112 valence electrons. The molecule has 0 unspecified atom stereocenters. The number of aromatic hydroxyl groups is 2. The summed E-state index contributed by atoms with van der Waals surface area (Å²) >= 11 is 0. The summed E-state index contributed by atoms with van der Waals surface area (Å²) in [5.41, 5.74) is -0.442. The van der Waals surface area contributed by atoms with E-state index in [-0.39, 0.29) is 17.1 Å². The summed E-state index contributed by atoms with van der Waals surface area (Å²) in [5.74, 6) is -1.26. The third kappa shape index (κ3) is 4.05. The second-order valence-corrected chi connectivity index (χ2v) is 5.19. The number of rotatable bonds is 6. The minimum absolute atomic E-state index is 0.0769. The second-order valence-electron chi connectivity index (χ2n) is 5.19. The first kappa shape index (κ1) is 16.1. The van der Waals surface area contributed by atoms with Gasteiger partial charge in [0, 0.05) is 0 Å². The molecular weight excluding hydrogens is 260 g/mol. The van der Waals surface area contributed by atoms with Crippen molar-refractivity contribution in [1.29, 1.82) is 0 Å². The Morgan fingerprint density at radius 3 is 2.45 bits per heavy atom. The van der Waals surface area contributed by atoms with Gasteiger partial charge in [-0.2, -0.15) is 0 Å². The molecule has 0 saturated carbocycles. The molecule has 0 aliphatic carbocycles. The van der Waals surface area contributed by atoms with Crippen molar-refractivity contribution in [3.05, 3.63) is 17.7 Å². The monoisotopic (exact) mass is 282 g/mol. The molecule has 5 nitrogen and oxygen atoms in total. The minimum atomic E-state index is -0.588. The lowest BCUT2D eigenvalue weighted by Crippen LogP contribution is -2.27. The molecule has 1 aromatic carbocycles. The molecule has 0 heterocycles. The molecule has 0 atom stereocenters. The van der Waals surface area contributed by atoms with Crippen LogP contribution in [-0.4, -0.2) is 28.4 Å². The van der Waals surface area contributed by atoms with Crippen LogP contribution in [-0.2, 0) is 4.74 Å². The maximum atomic E-state index is 12.0. The normalized spacial score (nSPS) is 11.2. The van der Waals surface area contributed by atoms with Gasteiger partial charge >= 0.3 is 5.97 Å². The van der Waals surface area contributed by atoms with Crippen molar-refractivity contribution in [2.45, 2.75) is 46.1 Å². The van der Waals surface area contributed by atoms with Gasteiger partial charge < -0.3 is 19.7 Å².